The summed E-state index contributed by atoms with van der Waals surface area (Å²) in [5.74, 6) is 0.623. The van der Waals surface area contributed by atoms with Crippen LogP contribution in [0.2, 0.25) is 4.34 Å². The maximum absolute atomic E-state index is 13.1. The van der Waals surface area contributed by atoms with Crippen molar-refractivity contribution in [3.05, 3.63) is 55.4 Å². The van der Waals surface area contributed by atoms with Gasteiger partial charge in [-0.2, -0.15) is 0 Å². The summed E-state index contributed by atoms with van der Waals surface area (Å²) >= 11 is 11.3. The third-order valence-electron chi connectivity index (χ3n) is 3.81. The molecule has 1 saturated heterocycles. The van der Waals surface area contributed by atoms with E-state index in [1.54, 1.807) is 11.3 Å². The zero-order valence-corrected chi connectivity index (χ0v) is 13.9. The topological polar surface area (TPSA) is 12.0 Å². The van der Waals surface area contributed by atoms with E-state index in [9.17, 15) is 4.39 Å². The molecule has 2 unspecified atom stereocenters. The summed E-state index contributed by atoms with van der Waals surface area (Å²) in [4.78, 5) is 1.30. The largest absolute Gasteiger partial charge is 0.316 e. The van der Waals surface area contributed by atoms with Crippen LogP contribution in [0.25, 0.3) is 0 Å². The lowest BCUT2D eigenvalue weighted by Gasteiger charge is -2.32. The van der Waals surface area contributed by atoms with E-state index in [2.05, 4.69) is 27.3 Å². The number of hydrogen-bond acceptors (Lipinski definition) is 2. The van der Waals surface area contributed by atoms with Gasteiger partial charge in [-0.15, -0.1) is 11.3 Å². The highest BCUT2D eigenvalue weighted by Gasteiger charge is 2.29. The first-order valence-corrected chi connectivity index (χ1v) is 8.55. The molecule has 106 valence electrons. The molecular weight excluding hydrogens is 361 g/mol. The van der Waals surface area contributed by atoms with E-state index >= 15 is 0 Å². The van der Waals surface area contributed by atoms with Crippen LogP contribution >= 0.6 is 38.9 Å². The van der Waals surface area contributed by atoms with Crippen LogP contribution in [0.15, 0.2) is 34.8 Å². The molecule has 0 spiro atoms. The first-order chi connectivity index (χ1) is 9.65. The van der Waals surface area contributed by atoms with Gasteiger partial charge in [0.2, 0.25) is 0 Å². The molecule has 3 rings (SSSR count). The van der Waals surface area contributed by atoms with E-state index in [1.807, 2.05) is 12.1 Å². The van der Waals surface area contributed by atoms with E-state index < -0.39 is 0 Å². The number of hydrogen-bond donors (Lipinski definition) is 1. The van der Waals surface area contributed by atoms with Crippen molar-refractivity contribution in [2.45, 2.75) is 18.3 Å². The van der Waals surface area contributed by atoms with Crippen molar-refractivity contribution in [1.82, 2.24) is 5.32 Å². The van der Waals surface area contributed by atoms with Crippen LogP contribution in [0.1, 0.15) is 28.7 Å². The average molecular weight is 375 g/mol. The van der Waals surface area contributed by atoms with Crippen molar-refractivity contribution in [3.63, 3.8) is 0 Å². The fourth-order valence-corrected chi connectivity index (χ4v) is 4.74. The average Bonchev–Trinajstić information content (AvgIpc) is 2.79. The van der Waals surface area contributed by atoms with E-state index in [1.165, 1.54) is 22.6 Å². The standard InChI is InChI=1S/C15H14BrClFNS/c16-13-7-14(20-15(13)17)11-5-6-19-8-12(11)9-1-3-10(18)4-2-9/h1-4,7,11-12,19H,5-6,8H2. The quantitative estimate of drug-likeness (QED) is 0.765. The Labute approximate surface area is 135 Å². The molecule has 1 N–H and O–H groups in total. The zero-order chi connectivity index (χ0) is 14.1. The van der Waals surface area contributed by atoms with Gasteiger partial charge in [0.25, 0.3) is 0 Å². The predicted molar refractivity (Wildman–Crippen MR) is 86.4 cm³/mol. The van der Waals surface area contributed by atoms with Crippen molar-refractivity contribution in [2.75, 3.05) is 13.1 Å². The van der Waals surface area contributed by atoms with Gasteiger partial charge in [-0.05, 0) is 52.7 Å². The van der Waals surface area contributed by atoms with Crippen molar-refractivity contribution >= 4 is 38.9 Å². The Morgan fingerprint density at radius 1 is 1.25 bits per heavy atom. The number of benzene rings is 1. The minimum Gasteiger partial charge on any atom is -0.316 e. The molecule has 1 aromatic heterocycles. The van der Waals surface area contributed by atoms with Crippen molar-refractivity contribution < 1.29 is 4.39 Å². The maximum Gasteiger partial charge on any atom is 0.123 e. The van der Waals surface area contributed by atoms with Gasteiger partial charge < -0.3 is 5.32 Å². The SMILES string of the molecule is Fc1ccc(C2CNCCC2c2cc(Br)c(Cl)s2)cc1. The fraction of sp³-hybridized carbons (Fsp3) is 0.333. The van der Waals surface area contributed by atoms with Gasteiger partial charge in [0.05, 0.1) is 0 Å². The van der Waals surface area contributed by atoms with Crippen LogP contribution in [0, 0.1) is 5.82 Å². The van der Waals surface area contributed by atoms with Crippen molar-refractivity contribution in [2.24, 2.45) is 0 Å². The first-order valence-electron chi connectivity index (χ1n) is 6.56. The second kappa shape index (κ2) is 6.14. The summed E-state index contributed by atoms with van der Waals surface area (Å²) in [5.41, 5.74) is 1.18. The molecule has 2 aromatic rings. The Morgan fingerprint density at radius 3 is 2.65 bits per heavy atom. The van der Waals surface area contributed by atoms with Crippen LogP contribution < -0.4 is 5.32 Å². The maximum atomic E-state index is 13.1. The summed E-state index contributed by atoms with van der Waals surface area (Å²) in [6.45, 7) is 1.93. The van der Waals surface area contributed by atoms with E-state index in [0.29, 0.717) is 11.8 Å². The molecule has 1 nitrogen and oxygen atoms in total. The van der Waals surface area contributed by atoms with Crippen molar-refractivity contribution in [3.8, 4) is 0 Å². The Morgan fingerprint density at radius 2 is 2.00 bits per heavy atom. The molecule has 20 heavy (non-hydrogen) atoms. The lowest BCUT2D eigenvalue weighted by molar-refractivity contribution is 0.408. The molecule has 2 atom stereocenters. The zero-order valence-electron chi connectivity index (χ0n) is 10.7. The molecule has 0 saturated carbocycles. The lowest BCUT2D eigenvalue weighted by atomic mass is 9.80. The summed E-state index contributed by atoms with van der Waals surface area (Å²) in [7, 11) is 0. The molecule has 0 aliphatic carbocycles. The smallest absolute Gasteiger partial charge is 0.123 e. The highest BCUT2D eigenvalue weighted by molar-refractivity contribution is 9.10. The second-order valence-corrected chi connectivity index (χ2v) is 7.57. The molecule has 1 aliphatic heterocycles. The highest BCUT2D eigenvalue weighted by Crippen LogP contribution is 2.44. The van der Waals surface area contributed by atoms with Gasteiger partial charge in [0.15, 0.2) is 0 Å². The molecule has 1 fully saturated rings. The number of thiophene rings is 1. The van der Waals surface area contributed by atoms with Crippen LogP contribution in [0.4, 0.5) is 4.39 Å². The third kappa shape index (κ3) is 2.93. The summed E-state index contributed by atoms with van der Waals surface area (Å²) in [6.07, 6.45) is 1.07. The monoisotopic (exact) mass is 373 g/mol. The molecular formula is C15H14BrClFNS. The van der Waals surface area contributed by atoms with Crippen LogP contribution in [0.3, 0.4) is 0 Å². The Kier molecular flexibility index (Phi) is 4.46. The Bertz CT molecular complexity index is 579. The lowest BCUT2D eigenvalue weighted by Crippen LogP contribution is -2.33. The van der Waals surface area contributed by atoms with Crippen LogP contribution in [-0.2, 0) is 0 Å². The second-order valence-electron chi connectivity index (χ2n) is 5.03. The number of piperidine rings is 1. The third-order valence-corrected chi connectivity index (χ3v) is 6.42. The van der Waals surface area contributed by atoms with Gasteiger partial charge in [0, 0.05) is 27.7 Å². The van der Waals surface area contributed by atoms with E-state index in [4.69, 9.17) is 11.6 Å². The Hall–Kier alpha value is -0.420. The van der Waals surface area contributed by atoms with Gasteiger partial charge in [-0.1, -0.05) is 23.7 Å². The molecule has 2 heterocycles. The van der Waals surface area contributed by atoms with Crippen LogP contribution in [0.5, 0.6) is 0 Å². The molecule has 0 bridgehead atoms. The number of nitrogens with one attached hydrogen (secondary N) is 1. The first kappa shape index (κ1) is 14.5. The predicted octanol–water partition coefficient (Wildman–Crippen LogP) is 5.16. The summed E-state index contributed by atoms with van der Waals surface area (Å²) < 4.78 is 14.9. The van der Waals surface area contributed by atoms with Gasteiger partial charge in [0.1, 0.15) is 10.2 Å². The molecule has 0 radical (unpaired) electrons. The van der Waals surface area contributed by atoms with Gasteiger partial charge >= 0.3 is 0 Å². The van der Waals surface area contributed by atoms with Crippen LogP contribution in [-0.4, -0.2) is 13.1 Å². The Balaban J connectivity index is 1.92. The molecule has 0 amide bonds. The van der Waals surface area contributed by atoms with Gasteiger partial charge in [-0.25, -0.2) is 4.39 Å². The summed E-state index contributed by atoms with van der Waals surface area (Å²) in [6, 6.07) is 8.99. The molecule has 5 heteroatoms. The van der Waals surface area contributed by atoms with E-state index in [-0.39, 0.29) is 5.82 Å². The molecule has 1 aromatic carbocycles. The molecule has 1 aliphatic rings. The summed E-state index contributed by atoms with van der Waals surface area (Å²) in [5, 5.41) is 3.44. The highest BCUT2D eigenvalue weighted by atomic mass is 79.9. The minimum atomic E-state index is -0.184. The van der Waals surface area contributed by atoms with Gasteiger partial charge in [-0.3, -0.25) is 0 Å². The normalized spacial score (nSPS) is 22.9. The van der Waals surface area contributed by atoms with Crippen molar-refractivity contribution in [1.29, 1.82) is 0 Å². The number of rotatable bonds is 2. The fourth-order valence-electron chi connectivity index (χ4n) is 2.81. The minimum absolute atomic E-state index is 0.184. The number of halogens is 3. The van der Waals surface area contributed by atoms with E-state index in [0.717, 1.165) is 28.3 Å².